The van der Waals surface area contributed by atoms with Crippen molar-refractivity contribution in [1.29, 1.82) is 0 Å². The molecule has 3 aliphatic heterocycles. The van der Waals surface area contributed by atoms with Crippen molar-refractivity contribution in [3.8, 4) is 0 Å². The van der Waals surface area contributed by atoms with Crippen molar-refractivity contribution in [3.63, 3.8) is 0 Å². The molecule has 0 radical (unpaired) electrons. The number of carbonyl (C=O) groups is 2. The first kappa shape index (κ1) is 37.7. The Morgan fingerprint density at radius 2 is 1.72 bits per heavy atom. The second-order valence-corrected chi connectivity index (χ2v) is 12.2. The van der Waals surface area contributed by atoms with Crippen LogP contribution in [0.3, 0.4) is 0 Å². The van der Waals surface area contributed by atoms with E-state index in [4.69, 9.17) is 24.7 Å². The molecule has 0 unspecified atom stereocenters. The van der Waals surface area contributed by atoms with Crippen LogP contribution in [0.2, 0.25) is 0 Å². The van der Waals surface area contributed by atoms with Crippen LogP contribution in [0.25, 0.3) is 0 Å². The van der Waals surface area contributed by atoms with Gasteiger partial charge in [0.15, 0.2) is 12.1 Å². The van der Waals surface area contributed by atoms with Gasteiger partial charge in [0.2, 0.25) is 0 Å². The second-order valence-electron chi connectivity index (χ2n) is 12.2. The molecule has 12 atom stereocenters. The first-order chi connectivity index (χ1) is 21.8. The second kappa shape index (κ2) is 18.0. The zero-order valence-corrected chi connectivity index (χ0v) is 26.3. The van der Waals surface area contributed by atoms with Crippen molar-refractivity contribution >= 4 is 11.9 Å². The van der Waals surface area contributed by atoms with Crippen LogP contribution < -0.4 is 5.73 Å². The number of ether oxygens (including phenoxy) is 4. The van der Waals surface area contributed by atoms with Crippen LogP contribution in [-0.4, -0.2) is 110 Å². The number of allylic oxidation sites excluding steroid dienone is 7. The van der Waals surface area contributed by atoms with E-state index < -0.39 is 91.2 Å². The molecule has 3 heterocycles. The summed E-state index contributed by atoms with van der Waals surface area (Å²) in [6, 6.07) is -1.04. The molecule has 3 rings (SSSR count). The van der Waals surface area contributed by atoms with Crippen LogP contribution in [0, 0.1) is 5.92 Å². The number of nitrogens with two attached hydrogens (primary N) is 1. The van der Waals surface area contributed by atoms with Gasteiger partial charge >= 0.3 is 11.9 Å². The fourth-order valence-corrected chi connectivity index (χ4v) is 5.77. The zero-order chi connectivity index (χ0) is 33.9. The van der Waals surface area contributed by atoms with Gasteiger partial charge in [-0.3, -0.25) is 4.79 Å². The molecule has 0 spiro atoms. The average Bonchev–Trinajstić information content (AvgIpc) is 2.96. The molecule has 8 N–H and O–H groups in total. The van der Waals surface area contributed by atoms with E-state index in [9.17, 15) is 40.2 Å². The molecule has 13 nitrogen and oxygen atoms in total. The first-order valence-electron chi connectivity index (χ1n) is 15.7. The van der Waals surface area contributed by atoms with Gasteiger partial charge < -0.3 is 55.3 Å². The van der Waals surface area contributed by atoms with E-state index in [0.717, 1.165) is 0 Å². The summed E-state index contributed by atoms with van der Waals surface area (Å²) in [5.74, 6) is -5.33. The summed E-state index contributed by atoms with van der Waals surface area (Å²) in [6.45, 7) is 3.32. The van der Waals surface area contributed by atoms with Gasteiger partial charge in [-0.15, -0.1) is 0 Å². The highest BCUT2D eigenvalue weighted by atomic mass is 16.7. The molecule has 2 fully saturated rings. The molecule has 0 amide bonds. The van der Waals surface area contributed by atoms with Gasteiger partial charge in [0.05, 0.1) is 42.7 Å². The Labute approximate surface area is 269 Å². The van der Waals surface area contributed by atoms with Gasteiger partial charge in [0, 0.05) is 25.3 Å². The largest absolute Gasteiger partial charge is 0.481 e. The third kappa shape index (κ3) is 11.5. The van der Waals surface area contributed by atoms with Crippen molar-refractivity contribution in [2.45, 2.75) is 126 Å². The summed E-state index contributed by atoms with van der Waals surface area (Å²) in [7, 11) is 0. The molecular weight excluding hydrogens is 602 g/mol. The lowest BCUT2D eigenvalue weighted by molar-refractivity contribution is -0.311. The molecule has 0 aromatic heterocycles. The Morgan fingerprint density at radius 3 is 2.46 bits per heavy atom. The minimum absolute atomic E-state index is 0.0695. The summed E-state index contributed by atoms with van der Waals surface area (Å²) < 4.78 is 23.0. The van der Waals surface area contributed by atoms with Gasteiger partial charge in [-0.2, -0.15) is 0 Å². The molecule has 3 aliphatic rings. The normalized spacial score (nSPS) is 44.1. The lowest BCUT2D eigenvalue weighted by atomic mass is 9.82. The van der Waals surface area contributed by atoms with Gasteiger partial charge in [0.1, 0.15) is 18.1 Å². The van der Waals surface area contributed by atoms with E-state index in [-0.39, 0.29) is 19.3 Å². The average molecular weight is 652 g/mol. The van der Waals surface area contributed by atoms with Crippen LogP contribution in [0.15, 0.2) is 60.8 Å². The monoisotopic (exact) mass is 651 g/mol. The number of hydrogen-bond donors (Lipinski definition) is 7. The smallest absolute Gasteiger partial charge is 0.331 e. The van der Waals surface area contributed by atoms with Crippen molar-refractivity contribution in [3.05, 3.63) is 60.8 Å². The van der Waals surface area contributed by atoms with Crippen LogP contribution in [-0.2, 0) is 28.5 Å². The number of aliphatic hydroxyl groups excluding tert-OH is 4. The number of cyclic esters (lactones) is 1. The first-order valence-corrected chi connectivity index (χ1v) is 15.7. The quantitative estimate of drug-likeness (QED) is 0.213. The molecule has 46 heavy (non-hydrogen) atoms. The van der Waals surface area contributed by atoms with Gasteiger partial charge in [-0.25, -0.2) is 4.79 Å². The Morgan fingerprint density at radius 1 is 1.00 bits per heavy atom. The van der Waals surface area contributed by atoms with Crippen LogP contribution >= 0.6 is 0 Å². The Kier molecular flexibility index (Phi) is 14.8. The number of aliphatic carboxylic acids is 1. The summed E-state index contributed by atoms with van der Waals surface area (Å²) in [5.41, 5.74) is 5.99. The summed E-state index contributed by atoms with van der Waals surface area (Å²) in [6.07, 6.45) is 7.84. The molecule has 0 saturated carbocycles. The van der Waals surface area contributed by atoms with E-state index in [0.29, 0.717) is 19.3 Å². The topological polar surface area (TPSA) is 218 Å². The van der Waals surface area contributed by atoms with E-state index in [1.165, 1.54) is 18.2 Å². The standard InChI is InChI=1S/C33H49NO12/c1-20-13-9-6-4-3-5-7-11-15-23(45-32-30(39)28(34)29(38)21(2)44-32)17-25-27(31(40)41)24(36)19-33(42,46-25)18-22(35)14-10-8-12-16-26(37)43-20/h3-6,8-10,12-13,16,20-25,27-30,32,35-36,38-39,42H,7,11,14-15,17-19,34H2,1-2H3,(H,40,41)/b5-3+,6-4+,10-8+,13-9-,16-12+/t20-,21-,22+,23+,24+,25+,27-,28+,29-,30+,32+,33-/m1/s1. The van der Waals surface area contributed by atoms with E-state index in [2.05, 4.69) is 0 Å². The predicted molar refractivity (Wildman–Crippen MR) is 166 cm³/mol. The third-order valence-electron chi connectivity index (χ3n) is 8.21. The lowest BCUT2D eigenvalue weighted by Crippen LogP contribution is -2.61. The number of rotatable bonds is 3. The minimum Gasteiger partial charge on any atom is -0.481 e. The van der Waals surface area contributed by atoms with Crippen molar-refractivity contribution in [2.75, 3.05) is 0 Å². The molecule has 2 saturated heterocycles. The molecule has 0 aromatic rings. The number of fused-ring (bicyclic) bond motifs is 2. The van der Waals surface area contributed by atoms with Crippen molar-refractivity contribution < 1.29 is 59.2 Å². The fraction of sp³-hybridized carbons (Fsp3) is 0.636. The number of esters is 1. The summed E-state index contributed by atoms with van der Waals surface area (Å²) in [5, 5.41) is 63.7. The summed E-state index contributed by atoms with van der Waals surface area (Å²) in [4.78, 5) is 24.3. The molecule has 13 heteroatoms. The maximum absolute atomic E-state index is 12.2. The number of hydrogen-bond acceptors (Lipinski definition) is 12. The SMILES string of the molecule is C[C@@H]1\C=C/C=C/C=C/CCC[C@H](O[C@@H]2O[C@H](C)[C@@H](O)[C@H](N)[C@@H]2O)C[C@@H]2O[C@](O)(C[C@@H](O)C/C=C/C=C/C(=O)O1)C[C@H](O)[C@H]2C(=O)O. The minimum atomic E-state index is -2.05. The van der Waals surface area contributed by atoms with Crippen LogP contribution in [0.5, 0.6) is 0 Å². The maximum atomic E-state index is 12.2. The van der Waals surface area contributed by atoms with Crippen molar-refractivity contribution in [1.82, 2.24) is 0 Å². The highest BCUT2D eigenvalue weighted by Gasteiger charge is 2.50. The van der Waals surface area contributed by atoms with Crippen molar-refractivity contribution in [2.24, 2.45) is 11.7 Å². The van der Waals surface area contributed by atoms with Gasteiger partial charge in [-0.05, 0) is 45.6 Å². The maximum Gasteiger partial charge on any atom is 0.331 e. The third-order valence-corrected chi connectivity index (χ3v) is 8.21. The number of carbonyl (C=O) groups excluding carboxylic acids is 1. The Balaban J connectivity index is 1.85. The molecule has 2 bridgehead atoms. The highest BCUT2D eigenvalue weighted by molar-refractivity contribution is 5.82. The van der Waals surface area contributed by atoms with E-state index in [1.54, 1.807) is 38.2 Å². The van der Waals surface area contributed by atoms with Crippen LogP contribution in [0.4, 0.5) is 0 Å². The van der Waals surface area contributed by atoms with E-state index >= 15 is 0 Å². The molecule has 0 aromatic carbocycles. The zero-order valence-electron chi connectivity index (χ0n) is 26.3. The van der Waals surface area contributed by atoms with Crippen LogP contribution in [0.1, 0.15) is 58.8 Å². The van der Waals surface area contributed by atoms with Gasteiger partial charge in [0.25, 0.3) is 0 Å². The van der Waals surface area contributed by atoms with E-state index in [1.807, 2.05) is 18.2 Å². The lowest BCUT2D eigenvalue weighted by Gasteiger charge is -2.45. The van der Waals surface area contributed by atoms with Gasteiger partial charge in [-0.1, -0.05) is 48.6 Å². The predicted octanol–water partition coefficient (Wildman–Crippen LogP) is 1.13. The Bertz CT molecular complexity index is 1140. The molecule has 258 valence electrons. The molecule has 0 aliphatic carbocycles. The molecular formula is C33H49NO12. The number of carboxylic acid groups (broad SMARTS) is 1. The number of carboxylic acids is 1. The fourth-order valence-electron chi connectivity index (χ4n) is 5.77. The highest BCUT2D eigenvalue weighted by Crippen LogP contribution is 2.38. The number of aliphatic hydroxyl groups is 5. The summed E-state index contributed by atoms with van der Waals surface area (Å²) >= 11 is 0. The Hall–Kier alpha value is -2.72.